The summed E-state index contributed by atoms with van der Waals surface area (Å²) in [6.07, 6.45) is 4.34. The highest BCUT2D eigenvalue weighted by molar-refractivity contribution is 9.10. The van der Waals surface area contributed by atoms with Crippen LogP contribution in [0.4, 0.5) is 5.69 Å². The van der Waals surface area contributed by atoms with E-state index in [-0.39, 0.29) is 11.4 Å². The number of nitrogens with one attached hydrogen (secondary N) is 1. The molecule has 0 saturated heterocycles. The summed E-state index contributed by atoms with van der Waals surface area (Å²) in [5, 5.41) is 3.14. The van der Waals surface area contributed by atoms with E-state index in [1.807, 2.05) is 0 Å². The van der Waals surface area contributed by atoms with Crippen molar-refractivity contribution in [3.63, 3.8) is 0 Å². The van der Waals surface area contributed by atoms with Crippen LogP contribution in [0.1, 0.15) is 43.0 Å². The lowest BCUT2D eigenvalue weighted by atomic mass is 9.74. The van der Waals surface area contributed by atoms with Crippen LogP contribution in [-0.4, -0.2) is 11.4 Å². The third-order valence-corrected chi connectivity index (χ3v) is 4.52. The fourth-order valence-electron chi connectivity index (χ4n) is 2.20. The molecule has 0 radical (unpaired) electrons. The quantitative estimate of drug-likeness (QED) is 0.842. The number of anilines is 1. The van der Waals surface area contributed by atoms with Crippen LogP contribution in [0.15, 0.2) is 22.7 Å². The van der Waals surface area contributed by atoms with E-state index in [9.17, 15) is 4.79 Å². The number of carbonyl (C=O) groups excluding carboxylic acids is 1. The molecule has 1 aliphatic rings. The van der Waals surface area contributed by atoms with Gasteiger partial charge in [-0.25, -0.2) is 0 Å². The first-order valence-corrected chi connectivity index (χ1v) is 6.74. The average Bonchev–Trinajstić information content (AvgIpc) is 2.27. The summed E-state index contributed by atoms with van der Waals surface area (Å²) in [6, 6.07) is 5.37. The van der Waals surface area contributed by atoms with E-state index in [0.717, 1.165) is 19.3 Å². The van der Waals surface area contributed by atoms with Crippen LogP contribution in [0.25, 0.3) is 0 Å². The molecule has 3 nitrogen and oxygen atoms in total. The lowest BCUT2D eigenvalue weighted by molar-refractivity contribution is 0.0819. The first kappa shape index (κ1) is 12.4. The molecular formula is C13H17BrN2O. The molecule has 0 bridgehead atoms. The maximum absolute atomic E-state index is 12.2. The van der Waals surface area contributed by atoms with Gasteiger partial charge in [0.05, 0.1) is 10.0 Å². The highest BCUT2D eigenvalue weighted by Crippen LogP contribution is 2.35. The number of halogens is 1. The van der Waals surface area contributed by atoms with Crippen LogP contribution in [0.3, 0.4) is 0 Å². The van der Waals surface area contributed by atoms with Crippen LogP contribution in [-0.2, 0) is 0 Å². The molecule has 17 heavy (non-hydrogen) atoms. The Hall–Kier alpha value is -1.03. The van der Waals surface area contributed by atoms with Crippen molar-refractivity contribution in [2.45, 2.75) is 38.1 Å². The Morgan fingerprint density at radius 2 is 2.24 bits per heavy atom. The normalized spacial score (nSPS) is 17.3. The molecule has 0 atom stereocenters. The molecule has 1 amide bonds. The summed E-state index contributed by atoms with van der Waals surface area (Å²) in [4.78, 5) is 12.2. The van der Waals surface area contributed by atoms with E-state index < -0.39 is 0 Å². The SMILES string of the molecule is CCC1(NC(=O)c2cccc(N)c2Br)CCC1. The Morgan fingerprint density at radius 1 is 1.53 bits per heavy atom. The fraction of sp³-hybridized carbons (Fsp3) is 0.462. The highest BCUT2D eigenvalue weighted by atomic mass is 79.9. The zero-order valence-electron chi connectivity index (χ0n) is 9.92. The Kier molecular flexibility index (Phi) is 3.43. The van der Waals surface area contributed by atoms with Crippen LogP contribution in [0.2, 0.25) is 0 Å². The number of hydrogen-bond donors (Lipinski definition) is 2. The van der Waals surface area contributed by atoms with Crippen molar-refractivity contribution in [3.05, 3.63) is 28.2 Å². The van der Waals surface area contributed by atoms with Gasteiger partial charge in [0.1, 0.15) is 0 Å². The van der Waals surface area contributed by atoms with Crippen molar-refractivity contribution < 1.29 is 4.79 Å². The number of nitrogens with two attached hydrogens (primary N) is 1. The number of carbonyl (C=O) groups is 1. The van der Waals surface area contributed by atoms with Gasteiger partial charge in [0.2, 0.25) is 0 Å². The van der Waals surface area contributed by atoms with E-state index in [2.05, 4.69) is 28.2 Å². The van der Waals surface area contributed by atoms with Gasteiger partial charge in [-0.05, 0) is 53.7 Å². The maximum atomic E-state index is 12.2. The van der Waals surface area contributed by atoms with Crippen LogP contribution in [0, 0.1) is 0 Å². The molecule has 0 heterocycles. The number of rotatable bonds is 3. The molecule has 1 saturated carbocycles. The predicted molar refractivity (Wildman–Crippen MR) is 72.9 cm³/mol. The molecule has 2 rings (SSSR count). The van der Waals surface area contributed by atoms with Gasteiger partial charge in [0.15, 0.2) is 0 Å². The van der Waals surface area contributed by atoms with Gasteiger partial charge in [0, 0.05) is 11.2 Å². The second kappa shape index (κ2) is 4.69. The molecule has 3 N–H and O–H groups in total. The zero-order chi connectivity index (χ0) is 12.5. The molecule has 1 fully saturated rings. The summed E-state index contributed by atoms with van der Waals surface area (Å²) in [7, 11) is 0. The lowest BCUT2D eigenvalue weighted by Crippen LogP contribution is -2.53. The lowest BCUT2D eigenvalue weighted by Gasteiger charge is -2.42. The van der Waals surface area contributed by atoms with Crippen molar-refractivity contribution in [2.75, 3.05) is 5.73 Å². The third-order valence-electron chi connectivity index (χ3n) is 3.64. The number of benzene rings is 1. The Balaban J connectivity index is 2.17. The third kappa shape index (κ3) is 2.32. The molecule has 92 valence electrons. The van der Waals surface area contributed by atoms with Crippen molar-refractivity contribution >= 4 is 27.5 Å². The summed E-state index contributed by atoms with van der Waals surface area (Å²) in [6.45, 7) is 2.12. The molecule has 0 aromatic heterocycles. The number of nitrogen functional groups attached to an aromatic ring is 1. The van der Waals surface area contributed by atoms with Gasteiger partial charge in [0.25, 0.3) is 5.91 Å². The Labute approximate surface area is 110 Å². The number of hydrogen-bond acceptors (Lipinski definition) is 2. The first-order chi connectivity index (χ1) is 8.08. The van der Waals surface area contributed by atoms with E-state index >= 15 is 0 Å². The van der Waals surface area contributed by atoms with E-state index in [4.69, 9.17) is 5.73 Å². The standard InChI is InChI=1S/C13H17BrN2O/c1-2-13(7-4-8-13)16-12(17)9-5-3-6-10(15)11(9)14/h3,5-6H,2,4,7-8,15H2,1H3,(H,16,17). The average molecular weight is 297 g/mol. The topological polar surface area (TPSA) is 55.1 Å². The van der Waals surface area contributed by atoms with Gasteiger partial charge in [-0.3, -0.25) is 4.79 Å². The minimum absolute atomic E-state index is 0.0150. The fourth-order valence-corrected chi connectivity index (χ4v) is 2.65. The minimum Gasteiger partial charge on any atom is -0.398 e. The van der Waals surface area contributed by atoms with Crippen molar-refractivity contribution in [3.8, 4) is 0 Å². The Morgan fingerprint density at radius 3 is 2.76 bits per heavy atom. The maximum Gasteiger partial charge on any atom is 0.252 e. The van der Waals surface area contributed by atoms with E-state index in [0.29, 0.717) is 15.7 Å². The van der Waals surface area contributed by atoms with Crippen molar-refractivity contribution in [1.82, 2.24) is 5.32 Å². The smallest absolute Gasteiger partial charge is 0.252 e. The molecule has 0 spiro atoms. The Bertz CT molecular complexity index is 436. The molecular weight excluding hydrogens is 280 g/mol. The predicted octanol–water partition coefficient (Wildman–Crippen LogP) is 3.09. The first-order valence-electron chi connectivity index (χ1n) is 5.94. The molecule has 4 heteroatoms. The molecule has 0 unspecified atom stereocenters. The van der Waals surface area contributed by atoms with Crippen LogP contribution < -0.4 is 11.1 Å². The molecule has 1 aromatic rings. The monoisotopic (exact) mass is 296 g/mol. The molecule has 1 aromatic carbocycles. The van der Waals surface area contributed by atoms with Gasteiger partial charge in [-0.2, -0.15) is 0 Å². The summed E-state index contributed by atoms with van der Waals surface area (Å²) in [5.41, 5.74) is 7.00. The van der Waals surface area contributed by atoms with E-state index in [1.54, 1.807) is 18.2 Å². The van der Waals surface area contributed by atoms with Gasteiger partial charge >= 0.3 is 0 Å². The summed E-state index contributed by atoms with van der Waals surface area (Å²) >= 11 is 3.36. The number of amides is 1. The van der Waals surface area contributed by atoms with Crippen LogP contribution >= 0.6 is 15.9 Å². The van der Waals surface area contributed by atoms with Crippen molar-refractivity contribution in [2.24, 2.45) is 0 Å². The largest absolute Gasteiger partial charge is 0.398 e. The van der Waals surface area contributed by atoms with Gasteiger partial charge < -0.3 is 11.1 Å². The summed E-state index contributed by atoms with van der Waals surface area (Å²) in [5.74, 6) is -0.0364. The van der Waals surface area contributed by atoms with Gasteiger partial charge in [-0.1, -0.05) is 13.0 Å². The van der Waals surface area contributed by atoms with Crippen molar-refractivity contribution in [1.29, 1.82) is 0 Å². The zero-order valence-corrected chi connectivity index (χ0v) is 11.5. The molecule has 1 aliphatic carbocycles. The second-order valence-corrected chi connectivity index (χ2v) is 5.44. The van der Waals surface area contributed by atoms with E-state index in [1.165, 1.54) is 6.42 Å². The van der Waals surface area contributed by atoms with Crippen LogP contribution in [0.5, 0.6) is 0 Å². The van der Waals surface area contributed by atoms with Gasteiger partial charge in [-0.15, -0.1) is 0 Å². The molecule has 0 aliphatic heterocycles. The minimum atomic E-state index is -0.0364. The summed E-state index contributed by atoms with van der Waals surface area (Å²) < 4.78 is 0.683. The second-order valence-electron chi connectivity index (χ2n) is 4.65. The highest BCUT2D eigenvalue weighted by Gasteiger charge is 2.36.